The van der Waals surface area contributed by atoms with Crippen LogP contribution in [0.15, 0.2) is 0 Å². The number of hydrogen-bond acceptors (Lipinski definition) is 15. The van der Waals surface area contributed by atoms with Gasteiger partial charge in [-0.1, -0.05) is 239 Å². The highest BCUT2D eigenvalue weighted by atomic mass is 31.2. The summed E-state index contributed by atoms with van der Waals surface area (Å²) in [7, 11) is -5.31. The molecule has 74 heavy (non-hydrogen) atoms. The van der Waals surface area contributed by atoms with E-state index in [4.69, 9.17) is 18.5 Å². The molecular weight excluding hydrogens is 974 g/mol. The lowest BCUT2D eigenvalue weighted by Gasteiger charge is -2.47. The van der Waals surface area contributed by atoms with E-state index in [0.29, 0.717) is 12.8 Å². The minimum Gasteiger partial charge on any atom is -0.394 e. The van der Waals surface area contributed by atoms with Gasteiger partial charge in [0.05, 0.1) is 25.4 Å². The lowest BCUT2D eigenvalue weighted by molar-refractivity contribution is -0.338. The SMILES string of the molecule is CCCCCCCCCCCCCCCCCCCCCCCCCC(=O)N[C@@H](COP(=O)(O)O[C@@H]1[C@H](O)[C@H](O)[C@@H](O)[C@H](O)[C@H]1OC1O[C@H](CO)[C@@H](O)[C@H](O)[C@@H]1O)[C@H](O)CCCCCCCCCCCCCCC. The molecule has 2 rings (SSSR count). The van der Waals surface area contributed by atoms with Gasteiger partial charge in [-0.2, -0.15) is 0 Å². The van der Waals surface area contributed by atoms with E-state index in [9.17, 15) is 60.2 Å². The summed E-state index contributed by atoms with van der Waals surface area (Å²) < 4.78 is 35.0. The highest BCUT2D eigenvalue weighted by molar-refractivity contribution is 7.47. The molecule has 11 N–H and O–H groups in total. The largest absolute Gasteiger partial charge is 0.472 e. The van der Waals surface area contributed by atoms with Crippen molar-refractivity contribution < 1.29 is 78.7 Å². The van der Waals surface area contributed by atoms with Gasteiger partial charge in [-0.15, -0.1) is 0 Å². The molecule has 0 spiro atoms. The summed E-state index contributed by atoms with van der Waals surface area (Å²) in [6.07, 6.45) is 21.5. The van der Waals surface area contributed by atoms with Crippen LogP contribution in [0.1, 0.15) is 258 Å². The summed E-state index contributed by atoms with van der Waals surface area (Å²) in [6.45, 7) is 2.96. The second-order valence-electron chi connectivity index (χ2n) is 21.9. The van der Waals surface area contributed by atoms with Gasteiger partial charge in [0.1, 0.15) is 61.0 Å². The van der Waals surface area contributed by atoms with E-state index >= 15 is 0 Å². The molecule has 14 atom stereocenters. The number of amides is 1. The van der Waals surface area contributed by atoms with Crippen LogP contribution in [0.5, 0.6) is 0 Å². The Labute approximate surface area is 446 Å². The smallest absolute Gasteiger partial charge is 0.394 e. The van der Waals surface area contributed by atoms with E-state index in [1.54, 1.807) is 0 Å². The van der Waals surface area contributed by atoms with Crippen molar-refractivity contribution in [2.24, 2.45) is 0 Å². The lowest BCUT2D eigenvalue weighted by Crippen LogP contribution is -2.67. The number of carbonyl (C=O) groups excluding carboxylic acids is 1. The maximum Gasteiger partial charge on any atom is 0.472 e. The number of phosphoric acid groups is 1. The molecule has 1 aliphatic carbocycles. The Morgan fingerprint density at radius 2 is 0.851 bits per heavy atom. The Morgan fingerprint density at radius 1 is 0.500 bits per heavy atom. The van der Waals surface area contributed by atoms with Gasteiger partial charge >= 0.3 is 7.82 Å². The maximum atomic E-state index is 13.5. The number of phosphoric ester groups is 1. The molecule has 0 aromatic heterocycles. The van der Waals surface area contributed by atoms with Crippen molar-refractivity contribution in [1.82, 2.24) is 5.32 Å². The van der Waals surface area contributed by atoms with Crippen molar-refractivity contribution in [2.45, 2.75) is 337 Å². The first-order valence-corrected chi connectivity index (χ1v) is 31.5. The zero-order valence-corrected chi connectivity index (χ0v) is 47.1. The Hall–Kier alpha value is -0.860. The van der Waals surface area contributed by atoms with E-state index in [2.05, 4.69) is 19.2 Å². The third-order valence-corrected chi connectivity index (χ3v) is 16.3. The molecule has 18 heteroatoms. The lowest BCUT2D eigenvalue weighted by atomic mass is 9.84. The predicted molar refractivity (Wildman–Crippen MR) is 288 cm³/mol. The number of aliphatic hydroxyl groups is 9. The number of carbonyl (C=O) groups is 1. The fourth-order valence-electron chi connectivity index (χ4n) is 10.3. The average molecular weight is 1080 g/mol. The molecule has 0 bridgehead atoms. The van der Waals surface area contributed by atoms with Crippen LogP contribution in [0.25, 0.3) is 0 Å². The van der Waals surface area contributed by atoms with Crippen LogP contribution in [0.4, 0.5) is 0 Å². The molecule has 1 saturated carbocycles. The fourth-order valence-corrected chi connectivity index (χ4v) is 11.3. The Morgan fingerprint density at radius 3 is 1.24 bits per heavy atom. The summed E-state index contributed by atoms with van der Waals surface area (Å²) >= 11 is 0. The fraction of sp³-hybridized carbons (Fsp3) is 0.982. The van der Waals surface area contributed by atoms with Crippen LogP contribution in [0, 0.1) is 0 Å². The second kappa shape index (κ2) is 43.0. The molecule has 1 amide bonds. The molecular formula is C56H110NO16P. The van der Waals surface area contributed by atoms with Crippen molar-refractivity contribution in [3.8, 4) is 0 Å². The monoisotopic (exact) mass is 1080 g/mol. The number of nitrogens with one attached hydrogen (secondary N) is 1. The topological polar surface area (TPSA) is 285 Å². The van der Waals surface area contributed by atoms with Crippen molar-refractivity contribution >= 4 is 13.7 Å². The number of ether oxygens (including phenoxy) is 2. The summed E-state index contributed by atoms with van der Waals surface area (Å²) in [6, 6.07) is -1.14. The molecule has 2 fully saturated rings. The summed E-state index contributed by atoms with van der Waals surface area (Å²) in [5.74, 6) is -0.365. The molecule has 1 heterocycles. The van der Waals surface area contributed by atoms with E-state index in [-0.39, 0.29) is 18.7 Å². The molecule has 1 aliphatic heterocycles. The zero-order chi connectivity index (χ0) is 54.4. The van der Waals surface area contributed by atoms with Crippen LogP contribution >= 0.6 is 7.82 Å². The molecule has 0 aromatic rings. The van der Waals surface area contributed by atoms with Crippen LogP contribution in [-0.4, -0.2) is 149 Å². The third-order valence-electron chi connectivity index (χ3n) is 15.3. The Balaban J connectivity index is 1.82. The van der Waals surface area contributed by atoms with E-state index in [0.717, 1.165) is 51.4 Å². The molecule has 2 unspecified atom stereocenters. The minimum atomic E-state index is -5.31. The van der Waals surface area contributed by atoms with Gasteiger partial charge in [0, 0.05) is 6.42 Å². The van der Waals surface area contributed by atoms with Gasteiger partial charge < -0.3 is 65.6 Å². The summed E-state index contributed by atoms with van der Waals surface area (Å²) in [5.41, 5.74) is 0. The predicted octanol–water partition coefficient (Wildman–Crippen LogP) is 8.84. The van der Waals surface area contributed by atoms with Gasteiger partial charge in [-0.3, -0.25) is 13.8 Å². The third kappa shape index (κ3) is 29.9. The average Bonchev–Trinajstić information content (AvgIpc) is 3.38. The highest BCUT2D eigenvalue weighted by Crippen LogP contribution is 2.48. The van der Waals surface area contributed by atoms with Gasteiger partial charge in [0.25, 0.3) is 0 Å². The number of rotatable bonds is 48. The molecule has 440 valence electrons. The summed E-state index contributed by atoms with van der Waals surface area (Å²) in [4.78, 5) is 24.2. The van der Waals surface area contributed by atoms with Gasteiger partial charge in [0.15, 0.2) is 6.29 Å². The van der Waals surface area contributed by atoms with Crippen molar-refractivity contribution in [3.05, 3.63) is 0 Å². The number of unbranched alkanes of at least 4 members (excludes halogenated alkanes) is 34. The van der Waals surface area contributed by atoms with E-state index < -0.39 is 101 Å². The zero-order valence-electron chi connectivity index (χ0n) is 46.2. The van der Waals surface area contributed by atoms with Crippen molar-refractivity contribution in [1.29, 1.82) is 0 Å². The Kier molecular flexibility index (Phi) is 40.2. The first-order valence-electron chi connectivity index (χ1n) is 30.0. The van der Waals surface area contributed by atoms with Crippen molar-refractivity contribution in [2.75, 3.05) is 13.2 Å². The van der Waals surface area contributed by atoms with Gasteiger partial charge in [-0.25, -0.2) is 4.57 Å². The first-order chi connectivity index (χ1) is 35.7. The number of aliphatic hydroxyl groups excluding tert-OH is 9. The van der Waals surface area contributed by atoms with Crippen LogP contribution in [0.3, 0.4) is 0 Å². The first kappa shape index (κ1) is 69.2. The van der Waals surface area contributed by atoms with E-state index in [1.165, 1.54) is 167 Å². The molecule has 2 aliphatic rings. The van der Waals surface area contributed by atoms with Crippen molar-refractivity contribution in [3.63, 3.8) is 0 Å². The van der Waals surface area contributed by atoms with Crippen LogP contribution in [0.2, 0.25) is 0 Å². The molecule has 1 saturated heterocycles. The highest BCUT2D eigenvalue weighted by Gasteiger charge is 2.55. The number of hydrogen-bond donors (Lipinski definition) is 11. The maximum absolute atomic E-state index is 13.5. The molecule has 0 aromatic carbocycles. The quantitative estimate of drug-likeness (QED) is 0.0200. The van der Waals surface area contributed by atoms with Crippen LogP contribution < -0.4 is 5.32 Å². The standard InChI is InChI=1S/C56H110NO16P/c1-3-5-7-9-11-13-15-17-18-19-20-21-22-23-24-25-26-28-30-32-34-36-38-40-46(60)57-43(44(59)39-37-35-33-31-29-27-16-14-12-10-8-6-4-2)42-70-74(68,69)73-55-52(66)50(64)49(63)51(65)54(55)72-56-53(67)48(62)47(61)45(41-58)71-56/h43-45,47-56,58-59,61-67H,3-42H2,1-2H3,(H,57,60)(H,68,69)/t43-,44+,45+,47+,48-,49+,50+,51-,52+,53-,54+,55+,56?/m0/s1. The normalized spacial score (nSPS) is 27.0. The van der Waals surface area contributed by atoms with Gasteiger partial charge in [-0.05, 0) is 12.8 Å². The van der Waals surface area contributed by atoms with E-state index in [1.807, 2.05) is 0 Å². The second-order valence-corrected chi connectivity index (χ2v) is 23.3. The molecule has 0 radical (unpaired) electrons. The van der Waals surface area contributed by atoms with Crippen LogP contribution in [-0.2, 0) is 27.9 Å². The van der Waals surface area contributed by atoms with Gasteiger partial charge in [0.2, 0.25) is 5.91 Å². The Bertz CT molecular complexity index is 1390. The summed E-state index contributed by atoms with van der Waals surface area (Å²) in [5, 5.41) is 97.5. The molecule has 17 nitrogen and oxygen atoms in total. The minimum absolute atomic E-state index is 0.178.